The van der Waals surface area contributed by atoms with Gasteiger partial charge in [0, 0.05) is 12.3 Å². The van der Waals surface area contributed by atoms with Crippen LogP contribution in [0.4, 0.5) is 10.5 Å². The minimum atomic E-state index is -0.993. The van der Waals surface area contributed by atoms with Crippen LogP contribution in [0.2, 0.25) is 5.02 Å². The summed E-state index contributed by atoms with van der Waals surface area (Å²) >= 11 is 10.7. The van der Waals surface area contributed by atoms with Gasteiger partial charge in [-0.3, -0.25) is 9.59 Å². The molecule has 0 radical (unpaired) electrons. The standard InChI is InChI=1S/C28H38ClN3O4S/c1-8-15-32(26(34)22(16-37)30-27(35)36-28(5,6)7)24(20-13-9-11-17(2)19(20)4)25(33)31-23-18(3)12-10-14-21(23)29/h9-14,22,24,37H,8,15-16H2,1-7H3,(H,30,35)(H,31,33). The van der Waals surface area contributed by atoms with Gasteiger partial charge in [0.1, 0.15) is 17.7 Å². The number of hydrogen-bond donors (Lipinski definition) is 3. The molecular weight excluding hydrogens is 510 g/mol. The van der Waals surface area contributed by atoms with E-state index in [1.54, 1.807) is 26.8 Å². The van der Waals surface area contributed by atoms with Crippen LogP contribution in [0.5, 0.6) is 0 Å². The number of para-hydroxylation sites is 1. The summed E-state index contributed by atoms with van der Waals surface area (Å²) < 4.78 is 5.34. The molecule has 7 nitrogen and oxygen atoms in total. The van der Waals surface area contributed by atoms with Crippen LogP contribution in [0.15, 0.2) is 36.4 Å². The number of nitrogens with zero attached hydrogens (tertiary/aromatic N) is 1. The first-order chi connectivity index (χ1) is 17.3. The first-order valence-corrected chi connectivity index (χ1v) is 13.3. The molecule has 0 fully saturated rings. The van der Waals surface area contributed by atoms with Gasteiger partial charge < -0.3 is 20.3 Å². The number of anilines is 1. The number of rotatable bonds is 9. The van der Waals surface area contributed by atoms with Crippen molar-refractivity contribution in [1.82, 2.24) is 10.2 Å². The molecule has 2 aromatic carbocycles. The largest absolute Gasteiger partial charge is 0.444 e. The van der Waals surface area contributed by atoms with Crippen LogP contribution in [0.1, 0.15) is 62.4 Å². The Morgan fingerprint density at radius 3 is 2.24 bits per heavy atom. The van der Waals surface area contributed by atoms with Crippen molar-refractivity contribution in [3.8, 4) is 0 Å². The molecule has 2 atom stereocenters. The van der Waals surface area contributed by atoms with E-state index in [-0.39, 0.29) is 12.3 Å². The summed E-state index contributed by atoms with van der Waals surface area (Å²) in [5.41, 5.74) is 3.14. The lowest BCUT2D eigenvalue weighted by Gasteiger charge is -2.35. The Bertz CT molecular complexity index is 1110. The zero-order valence-corrected chi connectivity index (χ0v) is 24.3. The third-order valence-corrected chi connectivity index (χ3v) is 6.57. The average molecular weight is 548 g/mol. The minimum Gasteiger partial charge on any atom is -0.444 e. The molecule has 202 valence electrons. The van der Waals surface area contributed by atoms with E-state index in [2.05, 4.69) is 23.3 Å². The van der Waals surface area contributed by atoms with Crippen molar-refractivity contribution in [3.63, 3.8) is 0 Å². The zero-order valence-electron chi connectivity index (χ0n) is 22.6. The molecule has 3 amide bonds. The summed E-state index contributed by atoms with van der Waals surface area (Å²) in [6.07, 6.45) is -0.132. The molecule has 0 spiro atoms. The maximum Gasteiger partial charge on any atom is 0.408 e. The van der Waals surface area contributed by atoms with E-state index in [1.165, 1.54) is 4.90 Å². The van der Waals surface area contributed by atoms with E-state index in [1.807, 2.05) is 58.0 Å². The highest BCUT2D eigenvalue weighted by Crippen LogP contribution is 2.31. The van der Waals surface area contributed by atoms with Gasteiger partial charge in [-0.1, -0.05) is 48.9 Å². The van der Waals surface area contributed by atoms with Crippen molar-refractivity contribution >= 4 is 47.8 Å². The highest BCUT2D eigenvalue weighted by atomic mass is 35.5. The summed E-state index contributed by atoms with van der Waals surface area (Å²) in [5, 5.41) is 5.97. The summed E-state index contributed by atoms with van der Waals surface area (Å²) in [7, 11) is 0. The van der Waals surface area contributed by atoms with Crippen LogP contribution in [0, 0.1) is 20.8 Å². The second-order valence-corrected chi connectivity index (χ2v) is 10.8. The fourth-order valence-electron chi connectivity index (χ4n) is 3.95. The molecule has 0 bridgehead atoms. The number of carbonyl (C=O) groups excluding carboxylic acids is 3. The quantitative estimate of drug-likeness (QED) is 0.336. The van der Waals surface area contributed by atoms with E-state index in [0.29, 0.717) is 22.7 Å². The van der Waals surface area contributed by atoms with Gasteiger partial charge in [-0.05, 0) is 76.3 Å². The first kappa shape index (κ1) is 30.5. The lowest BCUT2D eigenvalue weighted by molar-refractivity contribution is -0.140. The van der Waals surface area contributed by atoms with Gasteiger partial charge in [0.2, 0.25) is 5.91 Å². The van der Waals surface area contributed by atoms with E-state index in [4.69, 9.17) is 16.3 Å². The summed E-state index contributed by atoms with van der Waals surface area (Å²) in [4.78, 5) is 41.8. The van der Waals surface area contributed by atoms with Gasteiger partial charge in [-0.25, -0.2) is 4.79 Å². The van der Waals surface area contributed by atoms with Crippen LogP contribution in [0.3, 0.4) is 0 Å². The third-order valence-electron chi connectivity index (χ3n) is 5.89. The molecule has 0 aliphatic heterocycles. The molecular formula is C28H38ClN3O4S. The topological polar surface area (TPSA) is 87.7 Å². The van der Waals surface area contributed by atoms with Crippen LogP contribution in [-0.2, 0) is 14.3 Å². The maximum atomic E-state index is 13.9. The van der Waals surface area contributed by atoms with Gasteiger partial charge in [0.05, 0.1) is 10.7 Å². The Kier molecular flexibility index (Phi) is 10.9. The van der Waals surface area contributed by atoms with Crippen LogP contribution in [0.25, 0.3) is 0 Å². The Labute approximate surface area is 230 Å². The van der Waals surface area contributed by atoms with Crippen molar-refractivity contribution in [2.45, 2.75) is 72.6 Å². The molecule has 0 aliphatic carbocycles. The number of nitrogens with one attached hydrogen (secondary N) is 2. The Morgan fingerprint density at radius 2 is 1.68 bits per heavy atom. The van der Waals surface area contributed by atoms with Crippen molar-refractivity contribution < 1.29 is 19.1 Å². The smallest absolute Gasteiger partial charge is 0.408 e. The predicted molar refractivity (Wildman–Crippen MR) is 152 cm³/mol. The van der Waals surface area contributed by atoms with Crippen molar-refractivity contribution in [1.29, 1.82) is 0 Å². The highest BCUT2D eigenvalue weighted by Gasteiger charge is 2.36. The maximum absolute atomic E-state index is 13.9. The van der Waals surface area contributed by atoms with Gasteiger partial charge in [-0.15, -0.1) is 0 Å². The lowest BCUT2D eigenvalue weighted by atomic mass is 9.94. The van der Waals surface area contributed by atoms with Gasteiger partial charge in [0.15, 0.2) is 0 Å². The van der Waals surface area contributed by atoms with Crippen molar-refractivity contribution in [2.24, 2.45) is 0 Å². The zero-order chi connectivity index (χ0) is 27.9. The van der Waals surface area contributed by atoms with E-state index >= 15 is 0 Å². The molecule has 0 aromatic heterocycles. The number of alkyl carbamates (subject to hydrolysis) is 1. The number of hydrogen-bond acceptors (Lipinski definition) is 5. The monoisotopic (exact) mass is 547 g/mol. The molecule has 2 unspecified atom stereocenters. The first-order valence-electron chi connectivity index (χ1n) is 12.3. The Hall–Kier alpha value is -2.71. The highest BCUT2D eigenvalue weighted by molar-refractivity contribution is 7.80. The molecule has 0 saturated carbocycles. The molecule has 9 heteroatoms. The summed E-state index contributed by atoms with van der Waals surface area (Å²) in [6.45, 7) is 13.2. The van der Waals surface area contributed by atoms with E-state index < -0.39 is 35.6 Å². The Morgan fingerprint density at radius 1 is 1.05 bits per heavy atom. The minimum absolute atomic E-state index is 0.0308. The van der Waals surface area contributed by atoms with Gasteiger partial charge in [-0.2, -0.15) is 12.6 Å². The normalized spacial score (nSPS) is 12.9. The van der Waals surface area contributed by atoms with Gasteiger partial charge >= 0.3 is 6.09 Å². The summed E-state index contributed by atoms with van der Waals surface area (Å²) in [5.74, 6) is -0.801. The SMILES string of the molecule is CCCN(C(=O)C(CS)NC(=O)OC(C)(C)C)C(C(=O)Nc1c(C)cccc1Cl)c1cccc(C)c1C. The van der Waals surface area contributed by atoms with E-state index in [9.17, 15) is 14.4 Å². The number of amides is 3. The number of benzene rings is 2. The number of thiol groups is 1. The fraction of sp³-hybridized carbons (Fsp3) is 0.464. The van der Waals surface area contributed by atoms with Crippen LogP contribution >= 0.6 is 24.2 Å². The van der Waals surface area contributed by atoms with E-state index in [0.717, 1.165) is 16.7 Å². The second kappa shape index (κ2) is 13.2. The molecule has 0 saturated heterocycles. The third kappa shape index (κ3) is 8.14. The van der Waals surface area contributed by atoms with Crippen molar-refractivity contribution in [3.05, 3.63) is 63.7 Å². The molecule has 2 N–H and O–H groups in total. The number of ether oxygens (including phenoxy) is 1. The molecule has 0 aliphatic rings. The van der Waals surface area contributed by atoms with Crippen LogP contribution in [-0.4, -0.2) is 46.7 Å². The number of carbonyl (C=O) groups is 3. The Balaban J connectivity index is 2.54. The molecule has 2 rings (SSSR count). The number of aryl methyl sites for hydroxylation is 2. The molecule has 2 aromatic rings. The van der Waals surface area contributed by atoms with Crippen molar-refractivity contribution in [2.75, 3.05) is 17.6 Å². The van der Waals surface area contributed by atoms with Crippen LogP contribution < -0.4 is 10.6 Å². The number of halogens is 1. The predicted octanol–water partition coefficient (Wildman–Crippen LogP) is 6.01. The lowest BCUT2D eigenvalue weighted by Crippen LogP contribution is -2.53. The molecule has 0 heterocycles. The summed E-state index contributed by atoms with van der Waals surface area (Å²) in [6, 6.07) is 9.07. The fourth-order valence-corrected chi connectivity index (χ4v) is 4.46. The average Bonchev–Trinajstić information content (AvgIpc) is 2.80. The second-order valence-electron chi connectivity index (χ2n) is 10.0. The molecule has 37 heavy (non-hydrogen) atoms. The van der Waals surface area contributed by atoms with Gasteiger partial charge in [0.25, 0.3) is 5.91 Å².